The van der Waals surface area contributed by atoms with Gasteiger partial charge < -0.3 is 14.8 Å². The van der Waals surface area contributed by atoms with Crippen molar-refractivity contribution in [1.29, 1.82) is 0 Å². The van der Waals surface area contributed by atoms with Crippen molar-refractivity contribution in [3.8, 4) is 5.75 Å². The third kappa shape index (κ3) is 6.64. The molecule has 0 fully saturated rings. The van der Waals surface area contributed by atoms with Gasteiger partial charge in [0.2, 0.25) is 6.10 Å². The van der Waals surface area contributed by atoms with E-state index in [0.29, 0.717) is 11.3 Å². The van der Waals surface area contributed by atoms with E-state index in [-0.39, 0.29) is 12.0 Å². The van der Waals surface area contributed by atoms with Gasteiger partial charge in [-0.3, -0.25) is 10.1 Å². The molecule has 2 N–H and O–H groups in total. The Labute approximate surface area is 170 Å². The maximum absolute atomic E-state index is 12.4. The van der Waals surface area contributed by atoms with Crippen molar-refractivity contribution in [2.24, 2.45) is 0 Å². The summed E-state index contributed by atoms with van der Waals surface area (Å²) in [7, 11) is 1.38. The van der Waals surface area contributed by atoms with Gasteiger partial charge in [0.15, 0.2) is 6.61 Å². The fourth-order valence-corrected chi connectivity index (χ4v) is 2.50. The molecule has 0 saturated carbocycles. The summed E-state index contributed by atoms with van der Waals surface area (Å²) in [6.07, 6.45) is -1.27. The second-order valence-corrected chi connectivity index (χ2v) is 7.41. The number of urea groups is 1. The van der Waals surface area contributed by atoms with Crippen LogP contribution in [0.1, 0.15) is 38.0 Å². The van der Waals surface area contributed by atoms with Crippen molar-refractivity contribution >= 4 is 17.9 Å². The minimum atomic E-state index is -1.27. The maximum atomic E-state index is 12.4. The number of benzene rings is 2. The Kier molecular flexibility index (Phi) is 7.36. The largest absolute Gasteiger partial charge is 0.482 e. The zero-order valence-corrected chi connectivity index (χ0v) is 17.0. The summed E-state index contributed by atoms with van der Waals surface area (Å²) in [5.74, 6) is -0.967. The van der Waals surface area contributed by atoms with E-state index in [2.05, 4.69) is 31.4 Å². The van der Waals surface area contributed by atoms with E-state index < -0.39 is 24.0 Å². The predicted molar refractivity (Wildman–Crippen MR) is 109 cm³/mol. The van der Waals surface area contributed by atoms with Crippen LogP contribution in [0.15, 0.2) is 54.6 Å². The third-order valence-corrected chi connectivity index (χ3v) is 4.13. The Morgan fingerprint density at radius 1 is 0.966 bits per heavy atom. The van der Waals surface area contributed by atoms with E-state index in [9.17, 15) is 14.4 Å². The van der Waals surface area contributed by atoms with Gasteiger partial charge in [-0.2, -0.15) is 0 Å². The second-order valence-electron chi connectivity index (χ2n) is 7.41. The van der Waals surface area contributed by atoms with Gasteiger partial charge in [0.25, 0.3) is 5.91 Å². The fraction of sp³-hybridized carbons (Fsp3) is 0.318. The van der Waals surface area contributed by atoms with Crippen molar-refractivity contribution in [2.45, 2.75) is 32.3 Å². The van der Waals surface area contributed by atoms with Crippen LogP contribution in [0.4, 0.5) is 4.79 Å². The molecule has 0 aromatic heterocycles. The molecule has 1 unspecified atom stereocenters. The molecule has 7 heteroatoms. The standard InChI is InChI=1S/C22H26N2O5/c1-22(2,3)16-10-12-17(13-11-16)28-14-18(25)29-19(15-8-6-5-7-9-15)20(26)24-21(27)23-4/h5-13,19H,14H2,1-4H3,(H2,23,24,26,27). The molecule has 0 spiro atoms. The van der Waals surface area contributed by atoms with E-state index >= 15 is 0 Å². The highest BCUT2D eigenvalue weighted by molar-refractivity contribution is 5.97. The number of carbonyl (C=O) groups is 3. The van der Waals surface area contributed by atoms with Crippen molar-refractivity contribution in [2.75, 3.05) is 13.7 Å². The first kappa shape index (κ1) is 21.9. The Balaban J connectivity index is 2.02. The molecule has 7 nitrogen and oxygen atoms in total. The van der Waals surface area contributed by atoms with Crippen LogP contribution in [0.3, 0.4) is 0 Å². The van der Waals surface area contributed by atoms with Crippen LogP contribution in [-0.2, 0) is 19.7 Å². The van der Waals surface area contributed by atoms with Gasteiger partial charge >= 0.3 is 12.0 Å². The number of imide groups is 1. The number of amides is 3. The lowest BCUT2D eigenvalue weighted by molar-refractivity contribution is -0.158. The van der Waals surface area contributed by atoms with Crippen molar-refractivity contribution in [3.63, 3.8) is 0 Å². The van der Waals surface area contributed by atoms with Gasteiger partial charge in [0, 0.05) is 12.6 Å². The van der Waals surface area contributed by atoms with Gasteiger partial charge in [0.1, 0.15) is 5.75 Å². The summed E-state index contributed by atoms with van der Waals surface area (Å²) >= 11 is 0. The Hall–Kier alpha value is -3.35. The van der Waals surface area contributed by atoms with Gasteiger partial charge in [0.05, 0.1) is 0 Å². The van der Waals surface area contributed by atoms with Gasteiger partial charge in [-0.25, -0.2) is 9.59 Å². The molecule has 2 aromatic rings. The summed E-state index contributed by atoms with van der Waals surface area (Å²) in [6.45, 7) is 5.95. The van der Waals surface area contributed by atoms with E-state index in [1.165, 1.54) is 7.05 Å². The minimum Gasteiger partial charge on any atom is -0.482 e. The Bertz CT molecular complexity index is 842. The molecule has 2 rings (SSSR count). The lowest BCUT2D eigenvalue weighted by Gasteiger charge is -2.19. The highest BCUT2D eigenvalue weighted by Crippen LogP contribution is 2.24. The molecule has 154 valence electrons. The van der Waals surface area contributed by atoms with Crippen LogP contribution in [0.25, 0.3) is 0 Å². The van der Waals surface area contributed by atoms with Gasteiger partial charge in [-0.15, -0.1) is 0 Å². The highest BCUT2D eigenvalue weighted by atomic mass is 16.6. The molecule has 0 bridgehead atoms. The first-order valence-electron chi connectivity index (χ1n) is 9.21. The zero-order chi connectivity index (χ0) is 21.4. The van der Waals surface area contributed by atoms with Crippen molar-refractivity contribution in [3.05, 3.63) is 65.7 Å². The molecule has 29 heavy (non-hydrogen) atoms. The highest BCUT2D eigenvalue weighted by Gasteiger charge is 2.26. The molecule has 3 amide bonds. The molecule has 0 aliphatic rings. The van der Waals surface area contributed by atoms with E-state index in [4.69, 9.17) is 9.47 Å². The first-order valence-corrected chi connectivity index (χ1v) is 9.21. The molecule has 0 saturated heterocycles. The quantitative estimate of drug-likeness (QED) is 0.730. The molecular formula is C22H26N2O5. The number of hydrogen-bond donors (Lipinski definition) is 2. The van der Waals surface area contributed by atoms with Crippen LogP contribution in [0.2, 0.25) is 0 Å². The molecule has 0 radical (unpaired) electrons. The number of ether oxygens (including phenoxy) is 2. The summed E-state index contributed by atoms with van der Waals surface area (Å²) in [6, 6.07) is 15.2. The van der Waals surface area contributed by atoms with Crippen molar-refractivity contribution < 1.29 is 23.9 Å². The van der Waals surface area contributed by atoms with E-state index in [1.807, 2.05) is 12.1 Å². The fourth-order valence-electron chi connectivity index (χ4n) is 2.50. The number of rotatable bonds is 6. The molecule has 2 aromatic carbocycles. The van der Waals surface area contributed by atoms with Gasteiger partial charge in [-0.1, -0.05) is 63.2 Å². The van der Waals surface area contributed by atoms with Crippen LogP contribution >= 0.6 is 0 Å². The normalized spacial score (nSPS) is 11.9. The smallest absolute Gasteiger partial charge is 0.345 e. The summed E-state index contributed by atoms with van der Waals surface area (Å²) in [5.41, 5.74) is 1.60. The van der Waals surface area contributed by atoms with Crippen LogP contribution in [0.5, 0.6) is 5.75 Å². The average molecular weight is 398 g/mol. The summed E-state index contributed by atoms with van der Waals surface area (Å²) < 4.78 is 10.8. The third-order valence-electron chi connectivity index (χ3n) is 4.13. The van der Waals surface area contributed by atoms with E-state index in [0.717, 1.165) is 5.56 Å². The SMILES string of the molecule is CNC(=O)NC(=O)C(OC(=O)COc1ccc(C(C)(C)C)cc1)c1ccccc1. The van der Waals surface area contributed by atoms with Crippen molar-refractivity contribution in [1.82, 2.24) is 10.6 Å². The summed E-state index contributed by atoms with van der Waals surface area (Å²) in [5, 5.41) is 4.40. The van der Waals surface area contributed by atoms with Crippen LogP contribution in [0, 0.1) is 0 Å². The second kappa shape index (κ2) is 9.73. The molecular weight excluding hydrogens is 372 g/mol. The van der Waals surface area contributed by atoms with Crippen LogP contribution < -0.4 is 15.4 Å². The summed E-state index contributed by atoms with van der Waals surface area (Å²) in [4.78, 5) is 36.1. The Morgan fingerprint density at radius 2 is 1.59 bits per heavy atom. The molecule has 0 heterocycles. The monoisotopic (exact) mass is 398 g/mol. The van der Waals surface area contributed by atoms with E-state index in [1.54, 1.807) is 42.5 Å². The molecule has 1 atom stereocenters. The maximum Gasteiger partial charge on any atom is 0.345 e. The molecule has 0 aliphatic carbocycles. The lowest BCUT2D eigenvalue weighted by atomic mass is 9.87. The lowest BCUT2D eigenvalue weighted by Crippen LogP contribution is -2.41. The van der Waals surface area contributed by atoms with Gasteiger partial charge in [-0.05, 0) is 23.1 Å². The average Bonchev–Trinajstić information content (AvgIpc) is 2.70. The first-order chi connectivity index (χ1) is 13.7. The zero-order valence-electron chi connectivity index (χ0n) is 17.0. The Morgan fingerprint density at radius 3 is 2.14 bits per heavy atom. The number of hydrogen-bond acceptors (Lipinski definition) is 5. The minimum absolute atomic E-state index is 0.0124. The number of carbonyl (C=O) groups excluding carboxylic acids is 3. The van der Waals surface area contributed by atoms with Crippen LogP contribution in [-0.4, -0.2) is 31.6 Å². The predicted octanol–water partition coefficient (Wildman–Crippen LogP) is 3.10. The topological polar surface area (TPSA) is 93.7 Å². The number of esters is 1. The number of nitrogens with one attached hydrogen (secondary N) is 2. The molecule has 0 aliphatic heterocycles.